The minimum atomic E-state index is -0.764. The van der Waals surface area contributed by atoms with Gasteiger partial charge in [0, 0.05) is 17.7 Å². The van der Waals surface area contributed by atoms with Gasteiger partial charge in [-0.2, -0.15) is 0 Å². The Labute approximate surface area is 161 Å². The van der Waals surface area contributed by atoms with Crippen LogP contribution in [0.3, 0.4) is 0 Å². The molecule has 0 radical (unpaired) electrons. The van der Waals surface area contributed by atoms with Crippen LogP contribution in [0.1, 0.15) is 64.2 Å². The molecular formula is C21H33ClO4. The molecule has 2 aliphatic carbocycles. The van der Waals surface area contributed by atoms with Crippen molar-refractivity contribution in [2.75, 3.05) is 0 Å². The predicted molar refractivity (Wildman–Crippen MR) is 104 cm³/mol. The van der Waals surface area contributed by atoms with Crippen LogP contribution in [-0.4, -0.2) is 38.9 Å². The van der Waals surface area contributed by atoms with E-state index in [1.807, 2.05) is 18.2 Å². The van der Waals surface area contributed by atoms with E-state index in [0.717, 1.165) is 25.7 Å². The Morgan fingerprint density at radius 1 is 1.19 bits per heavy atom. The molecule has 1 unspecified atom stereocenters. The fraction of sp³-hybridized carbons (Fsp3) is 0.762. The summed E-state index contributed by atoms with van der Waals surface area (Å²) in [6, 6.07) is 0. The number of allylic oxidation sites excluding steroid dienone is 2. The zero-order valence-corrected chi connectivity index (χ0v) is 16.2. The van der Waals surface area contributed by atoms with Crippen molar-refractivity contribution in [2.24, 2.45) is 17.8 Å². The van der Waals surface area contributed by atoms with Gasteiger partial charge in [0.05, 0.1) is 12.2 Å². The van der Waals surface area contributed by atoms with Crippen molar-refractivity contribution in [2.45, 2.75) is 81.8 Å². The van der Waals surface area contributed by atoms with Crippen LogP contribution in [0.4, 0.5) is 0 Å². The van der Waals surface area contributed by atoms with Gasteiger partial charge in [0.2, 0.25) is 0 Å². The van der Waals surface area contributed by atoms with Crippen LogP contribution in [0.25, 0.3) is 0 Å². The molecule has 4 nitrogen and oxygen atoms in total. The molecule has 3 N–H and O–H groups in total. The second-order valence-corrected chi connectivity index (χ2v) is 8.39. The summed E-state index contributed by atoms with van der Waals surface area (Å²) in [6.45, 7) is 0. The molecule has 2 rings (SSSR count). The monoisotopic (exact) mass is 384 g/mol. The first kappa shape index (κ1) is 21.5. The first-order chi connectivity index (χ1) is 12.5. The first-order valence-electron chi connectivity index (χ1n) is 10.0. The smallest absolute Gasteiger partial charge is 0.303 e. The number of carboxylic acids is 1. The predicted octanol–water partition coefficient (Wildman–Crippen LogP) is 4.29. The van der Waals surface area contributed by atoms with Gasteiger partial charge >= 0.3 is 5.97 Å². The summed E-state index contributed by atoms with van der Waals surface area (Å²) in [5, 5.41) is 29.3. The van der Waals surface area contributed by atoms with E-state index in [1.165, 1.54) is 19.3 Å². The minimum absolute atomic E-state index is 0.0283. The second kappa shape index (κ2) is 11.1. The van der Waals surface area contributed by atoms with Crippen LogP contribution in [0.5, 0.6) is 0 Å². The van der Waals surface area contributed by atoms with E-state index in [4.69, 9.17) is 16.7 Å². The molecule has 0 spiro atoms. The van der Waals surface area contributed by atoms with Crippen molar-refractivity contribution < 1.29 is 20.1 Å². The van der Waals surface area contributed by atoms with Gasteiger partial charge in [-0.25, -0.2) is 0 Å². The van der Waals surface area contributed by atoms with E-state index in [0.29, 0.717) is 18.8 Å². The zero-order valence-electron chi connectivity index (χ0n) is 15.5. The summed E-state index contributed by atoms with van der Waals surface area (Å²) < 4.78 is 0. The Morgan fingerprint density at radius 3 is 2.62 bits per heavy atom. The number of aliphatic hydroxyl groups excluding tert-OH is 2. The summed E-state index contributed by atoms with van der Waals surface area (Å²) in [6.07, 6.45) is 15.8. The van der Waals surface area contributed by atoms with Crippen LogP contribution >= 0.6 is 11.6 Å². The largest absolute Gasteiger partial charge is 0.481 e. The van der Waals surface area contributed by atoms with Gasteiger partial charge in [-0.15, -0.1) is 11.6 Å². The average Bonchev–Trinajstić information content (AvgIpc) is 2.89. The molecule has 0 aliphatic heterocycles. The number of aliphatic carboxylic acids is 1. The number of unbranched alkanes of at least 4 members (excludes halogenated alkanes) is 1. The molecule has 5 atom stereocenters. The summed E-state index contributed by atoms with van der Waals surface area (Å²) >= 11 is 6.45. The minimum Gasteiger partial charge on any atom is -0.481 e. The maximum atomic E-state index is 10.5. The molecule has 0 bridgehead atoms. The standard InChI is InChI=1S/C21H33ClO4/c22-18-14-20(24)17(12-13-19(23)15-8-4-3-5-9-15)16(18)10-6-1-2-7-11-21(25)26/h1,6,12-13,15-20,23-24H,2-5,7-11,14H2,(H,25,26)/t16?,17-,18-,19-,20-/m1/s1. The van der Waals surface area contributed by atoms with Crippen molar-refractivity contribution in [1.82, 2.24) is 0 Å². The van der Waals surface area contributed by atoms with Crippen molar-refractivity contribution in [3.05, 3.63) is 24.3 Å². The third-order valence-corrected chi connectivity index (χ3v) is 6.37. The summed E-state index contributed by atoms with van der Waals surface area (Å²) in [5.74, 6) is -0.297. The van der Waals surface area contributed by atoms with Gasteiger partial charge in [0.1, 0.15) is 0 Å². The number of hydrogen-bond donors (Lipinski definition) is 3. The molecule has 5 heteroatoms. The molecule has 0 aromatic carbocycles. The molecule has 0 heterocycles. The molecule has 0 amide bonds. The average molecular weight is 385 g/mol. The number of halogens is 1. The van der Waals surface area contributed by atoms with E-state index in [-0.39, 0.29) is 23.6 Å². The molecule has 0 aromatic heterocycles. The number of alkyl halides is 1. The van der Waals surface area contributed by atoms with Crippen molar-refractivity contribution in [3.63, 3.8) is 0 Å². The lowest BCUT2D eigenvalue weighted by Crippen LogP contribution is -2.23. The first-order valence-corrected chi connectivity index (χ1v) is 10.5. The molecular weight excluding hydrogens is 352 g/mol. The van der Waals surface area contributed by atoms with Crippen LogP contribution in [0.2, 0.25) is 0 Å². The highest BCUT2D eigenvalue weighted by atomic mass is 35.5. The molecule has 2 fully saturated rings. The summed E-state index contributed by atoms with van der Waals surface area (Å²) in [7, 11) is 0. The molecule has 26 heavy (non-hydrogen) atoms. The quantitative estimate of drug-likeness (QED) is 0.315. The van der Waals surface area contributed by atoms with Gasteiger partial charge in [-0.1, -0.05) is 43.6 Å². The van der Waals surface area contributed by atoms with Gasteiger partial charge in [0.15, 0.2) is 0 Å². The fourth-order valence-corrected chi connectivity index (χ4v) is 4.74. The SMILES string of the molecule is O=C(O)CCCC=CCC1[C@H](Cl)C[C@@H](O)[C@@H]1C=C[C@@H](O)C1CCCCC1. The Balaban J connectivity index is 1.84. The van der Waals surface area contributed by atoms with Gasteiger partial charge in [-0.05, 0) is 50.4 Å². The maximum Gasteiger partial charge on any atom is 0.303 e. The molecule has 0 saturated heterocycles. The third-order valence-electron chi connectivity index (χ3n) is 5.87. The second-order valence-electron chi connectivity index (χ2n) is 7.83. The lowest BCUT2D eigenvalue weighted by Gasteiger charge is -2.25. The van der Waals surface area contributed by atoms with Crippen molar-refractivity contribution >= 4 is 17.6 Å². The Hall–Kier alpha value is -0.840. The highest BCUT2D eigenvalue weighted by Crippen LogP contribution is 2.39. The van der Waals surface area contributed by atoms with E-state index in [9.17, 15) is 15.0 Å². The van der Waals surface area contributed by atoms with E-state index in [1.54, 1.807) is 0 Å². The van der Waals surface area contributed by atoms with E-state index in [2.05, 4.69) is 6.08 Å². The van der Waals surface area contributed by atoms with Crippen LogP contribution < -0.4 is 0 Å². The number of carboxylic acid groups (broad SMARTS) is 1. The van der Waals surface area contributed by atoms with Gasteiger partial charge in [0.25, 0.3) is 0 Å². The molecule has 148 valence electrons. The van der Waals surface area contributed by atoms with Gasteiger partial charge in [-0.3, -0.25) is 4.79 Å². The zero-order chi connectivity index (χ0) is 18.9. The summed E-state index contributed by atoms with van der Waals surface area (Å²) in [4.78, 5) is 10.5. The molecule has 2 aliphatic rings. The van der Waals surface area contributed by atoms with Crippen LogP contribution in [0.15, 0.2) is 24.3 Å². The van der Waals surface area contributed by atoms with Crippen molar-refractivity contribution in [1.29, 1.82) is 0 Å². The number of rotatable bonds is 9. The lowest BCUT2D eigenvalue weighted by atomic mass is 9.84. The fourth-order valence-electron chi connectivity index (χ4n) is 4.28. The van der Waals surface area contributed by atoms with Crippen LogP contribution in [-0.2, 0) is 4.79 Å². The number of aliphatic hydroxyl groups is 2. The van der Waals surface area contributed by atoms with E-state index >= 15 is 0 Å². The maximum absolute atomic E-state index is 10.5. The van der Waals surface area contributed by atoms with E-state index < -0.39 is 18.2 Å². The highest BCUT2D eigenvalue weighted by Gasteiger charge is 2.39. The highest BCUT2D eigenvalue weighted by molar-refractivity contribution is 6.21. The Morgan fingerprint density at radius 2 is 1.92 bits per heavy atom. The topological polar surface area (TPSA) is 77.8 Å². The third kappa shape index (κ3) is 6.71. The molecule has 0 aromatic rings. The van der Waals surface area contributed by atoms with Gasteiger partial charge < -0.3 is 15.3 Å². The molecule has 2 saturated carbocycles. The Bertz CT molecular complexity index is 484. The number of hydrogen-bond acceptors (Lipinski definition) is 3. The summed E-state index contributed by atoms with van der Waals surface area (Å²) in [5.41, 5.74) is 0. The number of carbonyl (C=O) groups is 1. The Kier molecular flexibility index (Phi) is 9.17. The normalized spacial score (nSPS) is 31.8. The van der Waals surface area contributed by atoms with Crippen molar-refractivity contribution in [3.8, 4) is 0 Å². The van der Waals surface area contributed by atoms with Crippen LogP contribution in [0, 0.1) is 17.8 Å². The lowest BCUT2D eigenvalue weighted by molar-refractivity contribution is -0.137.